The Morgan fingerprint density at radius 2 is 2.20 bits per heavy atom. The fourth-order valence-corrected chi connectivity index (χ4v) is 1.69. The van der Waals surface area contributed by atoms with Crippen LogP contribution in [-0.4, -0.2) is 9.78 Å². The van der Waals surface area contributed by atoms with Gasteiger partial charge in [-0.1, -0.05) is 12.2 Å². The zero-order valence-electron chi connectivity index (χ0n) is 8.04. The van der Waals surface area contributed by atoms with E-state index in [2.05, 4.69) is 5.10 Å². The molecule has 1 aliphatic rings. The highest BCUT2D eigenvalue weighted by atomic mass is 19.4. The fraction of sp³-hybridized carbons (Fsp3) is 0.500. The zero-order chi connectivity index (χ0) is 10.9. The number of hydrogen-bond donors (Lipinski definition) is 0. The molecule has 1 aliphatic carbocycles. The van der Waals surface area contributed by atoms with E-state index in [0.717, 1.165) is 25.3 Å². The van der Waals surface area contributed by atoms with Gasteiger partial charge in [0.1, 0.15) is 0 Å². The highest BCUT2D eigenvalue weighted by Gasteiger charge is 2.33. The van der Waals surface area contributed by atoms with Crippen LogP contribution in [0, 0.1) is 0 Å². The number of nitrogens with zero attached hydrogens (tertiary/aromatic N) is 2. The lowest BCUT2D eigenvalue weighted by Gasteiger charge is -2.16. The molecule has 15 heavy (non-hydrogen) atoms. The second-order valence-electron chi connectivity index (χ2n) is 3.61. The highest BCUT2D eigenvalue weighted by Crippen LogP contribution is 2.29. The maximum atomic E-state index is 12.3. The van der Waals surface area contributed by atoms with Crippen LogP contribution in [0.3, 0.4) is 0 Å². The van der Waals surface area contributed by atoms with E-state index in [-0.39, 0.29) is 6.04 Å². The Labute approximate surface area is 85.4 Å². The van der Waals surface area contributed by atoms with Gasteiger partial charge in [0.15, 0.2) is 5.69 Å². The predicted molar refractivity (Wildman–Crippen MR) is 49.3 cm³/mol. The summed E-state index contributed by atoms with van der Waals surface area (Å²) in [7, 11) is 0. The van der Waals surface area contributed by atoms with Crippen molar-refractivity contribution in [3.63, 3.8) is 0 Å². The first-order valence-corrected chi connectivity index (χ1v) is 4.86. The Morgan fingerprint density at radius 1 is 1.40 bits per heavy atom. The van der Waals surface area contributed by atoms with Crippen LogP contribution < -0.4 is 0 Å². The van der Waals surface area contributed by atoms with Gasteiger partial charge in [-0.15, -0.1) is 0 Å². The minimum atomic E-state index is -4.34. The number of allylic oxidation sites excluding steroid dienone is 2. The predicted octanol–water partition coefficient (Wildman–Crippen LogP) is 3.18. The van der Waals surface area contributed by atoms with Gasteiger partial charge >= 0.3 is 6.18 Å². The molecule has 0 bridgehead atoms. The average Bonchev–Trinajstić information content (AvgIpc) is 2.67. The molecule has 0 amide bonds. The fourth-order valence-electron chi connectivity index (χ4n) is 1.69. The van der Waals surface area contributed by atoms with E-state index >= 15 is 0 Å². The highest BCUT2D eigenvalue weighted by molar-refractivity contribution is 5.06. The van der Waals surface area contributed by atoms with Crippen molar-refractivity contribution >= 4 is 0 Å². The van der Waals surface area contributed by atoms with Gasteiger partial charge < -0.3 is 0 Å². The van der Waals surface area contributed by atoms with Crippen molar-refractivity contribution in [2.24, 2.45) is 0 Å². The standard InChI is InChI=1S/C10H11F3N2/c11-10(12,13)9-6-7-15(14-9)8-4-2-1-3-5-8/h2,4,6-8H,1,3,5H2. The minimum Gasteiger partial charge on any atom is -0.265 e. The monoisotopic (exact) mass is 216 g/mol. The molecular formula is C10H11F3N2. The number of halogens is 3. The minimum absolute atomic E-state index is 0.0187. The Hall–Kier alpha value is -1.26. The van der Waals surface area contributed by atoms with E-state index in [0.29, 0.717) is 0 Å². The van der Waals surface area contributed by atoms with Crippen molar-refractivity contribution in [3.05, 3.63) is 30.1 Å². The lowest BCUT2D eigenvalue weighted by atomic mass is 10.0. The molecule has 0 aliphatic heterocycles. The maximum Gasteiger partial charge on any atom is 0.435 e. The van der Waals surface area contributed by atoms with Gasteiger partial charge in [-0.25, -0.2) is 0 Å². The first kappa shape index (κ1) is 10.3. The second-order valence-corrected chi connectivity index (χ2v) is 3.61. The SMILES string of the molecule is FC(F)(F)c1ccn(C2C=CCCC2)n1. The molecular weight excluding hydrogens is 205 g/mol. The number of aromatic nitrogens is 2. The molecule has 0 saturated heterocycles. The molecule has 1 aromatic rings. The van der Waals surface area contributed by atoms with Crippen molar-refractivity contribution in [2.75, 3.05) is 0 Å². The van der Waals surface area contributed by atoms with Crippen LogP contribution >= 0.6 is 0 Å². The summed E-state index contributed by atoms with van der Waals surface area (Å²) in [4.78, 5) is 0. The average molecular weight is 216 g/mol. The van der Waals surface area contributed by atoms with Gasteiger partial charge in [0.25, 0.3) is 0 Å². The smallest absolute Gasteiger partial charge is 0.265 e. The molecule has 0 aromatic carbocycles. The summed E-state index contributed by atoms with van der Waals surface area (Å²) in [6.45, 7) is 0. The molecule has 2 rings (SSSR count). The number of alkyl halides is 3. The molecule has 0 fully saturated rings. The molecule has 1 heterocycles. The summed E-state index contributed by atoms with van der Waals surface area (Å²) in [5.41, 5.74) is -0.818. The summed E-state index contributed by atoms with van der Waals surface area (Å²) in [6.07, 6.45) is 3.81. The summed E-state index contributed by atoms with van der Waals surface area (Å²) in [5.74, 6) is 0. The zero-order valence-corrected chi connectivity index (χ0v) is 8.04. The van der Waals surface area contributed by atoms with Crippen LogP contribution in [-0.2, 0) is 6.18 Å². The van der Waals surface area contributed by atoms with E-state index in [9.17, 15) is 13.2 Å². The van der Waals surface area contributed by atoms with Crippen LogP contribution in [0.4, 0.5) is 13.2 Å². The summed E-state index contributed by atoms with van der Waals surface area (Å²) >= 11 is 0. The number of rotatable bonds is 1. The molecule has 0 spiro atoms. The topological polar surface area (TPSA) is 17.8 Å². The van der Waals surface area contributed by atoms with E-state index < -0.39 is 11.9 Å². The third kappa shape index (κ3) is 2.22. The summed E-state index contributed by atoms with van der Waals surface area (Å²) in [5, 5.41) is 3.55. The van der Waals surface area contributed by atoms with Gasteiger partial charge in [-0.2, -0.15) is 18.3 Å². The van der Waals surface area contributed by atoms with Crippen molar-refractivity contribution < 1.29 is 13.2 Å². The van der Waals surface area contributed by atoms with Gasteiger partial charge in [-0.3, -0.25) is 4.68 Å². The van der Waals surface area contributed by atoms with E-state index in [1.54, 1.807) is 0 Å². The van der Waals surface area contributed by atoms with E-state index in [1.165, 1.54) is 10.9 Å². The largest absolute Gasteiger partial charge is 0.435 e. The molecule has 1 unspecified atom stereocenters. The molecule has 82 valence electrons. The summed E-state index contributed by atoms with van der Waals surface area (Å²) < 4.78 is 38.2. The van der Waals surface area contributed by atoms with Crippen molar-refractivity contribution in [1.82, 2.24) is 9.78 Å². The van der Waals surface area contributed by atoms with Gasteiger partial charge in [0.2, 0.25) is 0 Å². The lowest BCUT2D eigenvalue weighted by Crippen LogP contribution is -2.12. The number of hydrogen-bond acceptors (Lipinski definition) is 1. The quantitative estimate of drug-likeness (QED) is 0.659. The normalized spacial score (nSPS) is 21.9. The molecule has 0 N–H and O–H groups in total. The lowest BCUT2D eigenvalue weighted by molar-refractivity contribution is -0.141. The molecule has 1 atom stereocenters. The first-order valence-electron chi connectivity index (χ1n) is 4.86. The van der Waals surface area contributed by atoms with Crippen LogP contribution in [0.1, 0.15) is 31.0 Å². The third-order valence-electron chi connectivity index (χ3n) is 2.47. The molecule has 2 nitrogen and oxygen atoms in total. The Kier molecular flexibility index (Phi) is 2.54. The Bertz CT molecular complexity index is 365. The van der Waals surface area contributed by atoms with Crippen LogP contribution in [0.15, 0.2) is 24.4 Å². The molecule has 5 heteroatoms. The van der Waals surface area contributed by atoms with Crippen molar-refractivity contribution in [1.29, 1.82) is 0 Å². The van der Waals surface area contributed by atoms with E-state index in [4.69, 9.17) is 0 Å². The van der Waals surface area contributed by atoms with Crippen molar-refractivity contribution in [2.45, 2.75) is 31.5 Å². The molecule has 0 saturated carbocycles. The summed E-state index contributed by atoms with van der Waals surface area (Å²) in [6, 6.07) is 0.998. The van der Waals surface area contributed by atoms with Gasteiger partial charge in [0, 0.05) is 6.20 Å². The molecule has 0 radical (unpaired) electrons. The van der Waals surface area contributed by atoms with E-state index in [1.807, 2.05) is 12.2 Å². The van der Waals surface area contributed by atoms with Crippen LogP contribution in [0.5, 0.6) is 0 Å². The Morgan fingerprint density at radius 3 is 2.73 bits per heavy atom. The van der Waals surface area contributed by atoms with Crippen molar-refractivity contribution in [3.8, 4) is 0 Å². The van der Waals surface area contributed by atoms with Crippen LogP contribution in [0.25, 0.3) is 0 Å². The maximum absolute atomic E-state index is 12.3. The third-order valence-corrected chi connectivity index (χ3v) is 2.47. The molecule has 1 aromatic heterocycles. The second kappa shape index (κ2) is 3.72. The van der Waals surface area contributed by atoms with Gasteiger partial charge in [-0.05, 0) is 25.3 Å². The Balaban J connectivity index is 2.19. The first-order chi connectivity index (χ1) is 7.07. The van der Waals surface area contributed by atoms with Gasteiger partial charge in [0.05, 0.1) is 6.04 Å². The van der Waals surface area contributed by atoms with Crippen LogP contribution in [0.2, 0.25) is 0 Å².